The van der Waals surface area contributed by atoms with Crippen molar-refractivity contribution in [2.45, 2.75) is 25.3 Å². The van der Waals surface area contributed by atoms with Crippen LogP contribution in [0.4, 0.5) is 16.2 Å². The van der Waals surface area contributed by atoms with Crippen molar-refractivity contribution in [3.63, 3.8) is 0 Å². The predicted octanol–water partition coefficient (Wildman–Crippen LogP) is 3.38. The molecule has 2 aromatic rings. The van der Waals surface area contributed by atoms with Crippen molar-refractivity contribution in [3.8, 4) is 11.5 Å². The van der Waals surface area contributed by atoms with E-state index in [1.165, 1.54) is 0 Å². The summed E-state index contributed by atoms with van der Waals surface area (Å²) < 4.78 is 11.2. The molecule has 7 heteroatoms. The predicted molar refractivity (Wildman–Crippen MR) is 102 cm³/mol. The molecule has 2 aliphatic rings. The van der Waals surface area contributed by atoms with Crippen LogP contribution in [0.1, 0.15) is 29.6 Å². The smallest absolute Gasteiger partial charge is 0.319 e. The Morgan fingerprint density at radius 2 is 1.52 bits per heavy atom. The molecular formula is C20H21N3O4. The number of anilines is 2. The highest BCUT2D eigenvalue weighted by Gasteiger charge is 2.23. The van der Waals surface area contributed by atoms with E-state index in [2.05, 4.69) is 16.0 Å². The topological polar surface area (TPSA) is 88.7 Å². The first-order valence-corrected chi connectivity index (χ1v) is 9.06. The fourth-order valence-corrected chi connectivity index (χ4v) is 2.72. The second-order valence-corrected chi connectivity index (χ2v) is 6.62. The third-order valence-electron chi connectivity index (χ3n) is 4.32. The largest absolute Gasteiger partial charge is 0.490 e. The van der Waals surface area contributed by atoms with Crippen LogP contribution in [0.2, 0.25) is 0 Å². The Labute approximate surface area is 157 Å². The molecule has 0 aromatic heterocycles. The number of amides is 3. The van der Waals surface area contributed by atoms with Crippen LogP contribution in [0, 0.1) is 0 Å². The maximum atomic E-state index is 12.5. The molecule has 1 heterocycles. The molecule has 1 aliphatic carbocycles. The van der Waals surface area contributed by atoms with Gasteiger partial charge in [-0.2, -0.15) is 0 Å². The Morgan fingerprint density at radius 1 is 0.852 bits per heavy atom. The minimum Gasteiger partial charge on any atom is -0.490 e. The summed E-state index contributed by atoms with van der Waals surface area (Å²) in [6.45, 7) is 1.18. The van der Waals surface area contributed by atoms with Gasteiger partial charge in [-0.3, -0.25) is 4.79 Å². The van der Waals surface area contributed by atoms with Crippen LogP contribution < -0.4 is 25.4 Å². The molecule has 27 heavy (non-hydrogen) atoms. The van der Waals surface area contributed by atoms with Crippen LogP contribution in [-0.2, 0) is 0 Å². The molecule has 7 nitrogen and oxygen atoms in total. The SMILES string of the molecule is O=C(Nc1ccc(NC(=O)c2ccc3c(c2)OCCCO3)cc1)NC1CC1. The maximum absolute atomic E-state index is 12.5. The number of hydrogen-bond donors (Lipinski definition) is 3. The maximum Gasteiger partial charge on any atom is 0.319 e. The second kappa shape index (κ2) is 7.57. The summed E-state index contributed by atoms with van der Waals surface area (Å²) in [6, 6.07) is 12.2. The van der Waals surface area contributed by atoms with Gasteiger partial charge < -0.3 is 25.4 Å². The van der Waals surface area contributed by atoms with E-state index in [1.54, 1.807) is 42.5 Å². The number of hydrogen-bond acceptors (Lipinski definition) is 4. The first-order chi connectivity index (χ1) is 13.2. The summed E-state index contributed by atoms with van der Waals surface area (Å²) in [5.41, 5.74) is 1.80. The van der Waals surface area contributed by atoms with E-state index < -0.39 is 0 Å². The van der Waals surface area contributed by atoms with Crippen molar-refractivity contribution >= 4 is 23.3 Å². The van der Waals surface area contributed by atoms with Crippen molar-refractivity contribution in [1.29, 1.82) is 0 Å². The average Bonchev–Trinajstić information content (AvgIpc) is 3.49. The number of benzene rings is 2. The first kappa shape index (κ1) is 17.2. The molecule has 1 aliphatic heterocycles. The molecule has 1 fully saturated rings. The Morgan fingerprint density at radius 3 is 2.22 bits per heavy atom. The number of carbonyl (C=O) groups excluding carboxylic acids is 2. The summed E-state index contributed by atoms with van der Waals surface area (Å²) in [4.78, 5) is 24.2. The Hall–Kier alpha value is -3.22. The van der Waals surface area contributed by atoms with E-state index in [0.29, 0.717) is 47.7 Å². The highest BCUT2D eigenvalue weighted by molar-refractivity contribution is 6.04. The first-order valence-electron chi connectivity index (χ1n) is 9.06. The van der Waals surface area contributed by atoms with E-state index >= 15 is 0 Å². The third-order valence-corrected chi connectivity index (χ3v) is 4.32. The minimum absolute atomic E-state index is 0.207. The minimum atomic E-state index is -0.238. The number of fused-ring (bicyclic) bond motifs is 1. The fraction of sp³-hybridized carbons (Fsp3) is 0.300. The normalized spacial score (nSPS) is 15.4. The molecule has 140 valence electrons. The van der Waals surface area contributed by atoms with Gasteiger partial charge in [0.05, 0.1) is 13.2 Å². The summed E-state index contributed by atoms with van der Waals surface area (Å²) in [7, 11) is 0. The van der Waals surface area contributed by atoms with Crippen molar-refractivity contribution in [2.24, 2.45) is 0 Å². The zero-order valence-electron chi connectivity index (χ0n) is 14.8. The van der Waals surface area contributed by atoms with Gasteiger partial charge in [0, 0.05) is 29.4 Å². The second-order valence-electron chi connectivity index (χ2n) is 6.62. The van der Waals surface area contributed by atoms with E-state index in [1.807, 2.05) is 0 Å². The van der Waals surface area contributed by atoms with Crippen LogP contribution in [-0.4, -0.2) is 31.2 Å². The lowest BCUT2D eigenvalue weighted by molar-refractivity contribution is 0.102. The molecule has 0 spiro atoms. The highest BCUT2D eigenvalue weighted by Crippen LogP contribution is 2.30. The Bertz CT molecular complexity index is 847. The summed E-state index contributed by atoms with van der Waals surface area (Å²) >= 11 is 0. The molecule has 0 saturated heterocycles. The lowest BCUT2D eigenvalue weighted by Crippen LogP contribution is -2.30. The van der Waals surface area contributed by atoms with Gasteiger partial charge in [-0.15, -0.1) is 0 Å². The molecule has 4 rings (SSSR count). The average molecular weight is 367 g/mol. The van der Waals surface area contributed by atoms with Crippen LogP contribution in [0.5, 0.6) is 11.5 Å². The fourth-order valence-electron chi connectivity index (χ4n) is 2.72. The van der Waals surface area contributed by atoms with Gasteiger partial charge in [0.15, 0.2) is 11.5 Å². The number of carbonyl (C=O) groups is 2. The number of rotatable bonds is 4. The Balaban J connectivity index is 1.37. The van der Waals surface area contributed by atoms with E-state index in [9.17, 15) is 9.59 Å². The third kappa shape index (κ3) is 4.49. The van der Waals surface area contributed by atoms with Crippen LogP contribution in [0.3, 0.4) is 0 Å². The van der Waals surface area contributed by atoms with Gasteiger partial charge in [-0.05, 0) is 55.3 Å². The number of urea groups is 1. The van der Waals surface area contributed by atoms with Crippen LogP contribution in [0.25, 0.3) is 0 Å². The van der Waals surface area contributed by atoms with Gasteiger partial charge >= 0.3 is 6.03 Å². The summed E-state index contributed by atoms with van der Waals surface area (Å²) in [5.74, 6) is 1.00. The van der Waals surface area contributed by atoms with Crippen molar-refractivity contribution < 1.29 is 19.1 Å². The molecular weight excluding hydrogens is 346 g/mol. The van der Waals surface area contributed by atoms with Crippen molar-refractivity contribution in [1.82, 2.24) is 5.32 Å². The molecule has 3 amide bonds. The number of nitrogens with one attached hydrogen (secondary N) is 3. The van der Waals surface area contributed by atoms with E-state index in [0.717, 1.165) is 19.3 Å². The lowest BCUT2D eigenvalue weighted by Gasteiger charge is -2.11. The molecule has 0 radical (unpaired) electrons. The zero-order chi connectivity index (χ0) is 18.6. The molecule has 3 N–H and O–H groups in total. The lowest BCUT2D eigenvalue weighted by atomic mass is 10.1. The quantitative estimate of drug-likeness (QED) is 0.773. The highest BCUT2D eigenvalue weighted by atomic mass is 16.5. The summed E-state index contributed by atoms with van der Waals surface area (Å²) in [6.07, 6.45) is 2.89. The van der Waals surface area contributed by atoms with E-state index in [-0.39, 0.29) is 11.9 Å². The van der Waals surface area contributed by atoms with Gasteiger partial charge in [0.25, 0.3) is 5.91 Å². The summed E-state index contributed by atoms with van der Waals surface area (Å²) in [5, 5.41) is 8.47. The molecule has 1 saturated carbocycles. The molecule has 2 aromatic carbocycles. The molecule has 0 bridgehead atoms. The van der Waals surface area contributed by atoms with Crippen LogP contribution in [0.15, 0.2) is 42.5 Å². The van der Waals surface area contributed by atoms with Crippen LogP contribution >= 0.6 is 0 Å². The van der Waals surface area contributed by atoms with Gasteiger partial charge in [0.2, 0.25) is 0 Å². The van der Waals surface area contributed by atoms with Crippen molar-refractivity contribution in [2.75, 3.05) is 23.8 Å². The monoisotopic (exact) mass is 367 g/mol. The van der Waals surface area contributed by atoms with Gasteiger partial charge in [-0.25, -0.2) is 4.79 Å². The van der Waals surface area contributed by atoms with Crippen molar-refractivity contribution in [3.05, 3.63) is 48.0 Å². The zero-order valence-corrected chi connectivity index (χ0v) is 14.8. The van der Waals surface area contributed by atoms with E-state index in [4.69, 9.17) is 9.47 Å². The molecule has 0 unspecified atom stereocenters. The molecule has 0 atom stereocenters. The Kier molecular flexibility index (Phi) is 4.82. The van der Waals surface area contributed by atoms with Gasteiger partial charge in [0.1, 0.15) is 0 Å². The van der Waals surface area contributed by atoms with Gasteiger partial charge in [-0.1, -0.05) is 0 Å². The standard InChI is InChI=1S/C20H21N3O4/c24-19(13-2-9-17-18(12-13)27-11-1-10-26-17)21-14-3-5-15(6-4-14)22-20(25)23-16-7-8-16/h2-6,9,12,16H,1,7-8,10-11H2,(H,21,24)(H2,22,23,25). The number of ether oxygens (including phenoxy) is 2.